The zero-order valence-corrected chi connectivity index (χ0v) is 28.2. The molecule has 0 unspecified atom stereocenters. The Morgan fingerprint density at radius 2 is 1.66 bits per heavy atom. The third-order valence-corrected chi connectivity index (χ3v) is 9.87. The van der Waals surface area contributed by atoms with Gasteiger partial charge >= 0.3 is 5.97 Å². The van der Waals surface area contributed by atoms with Gasteiger partial charge in [-0.2, -0.15) is 0 Å². The summed E-state index contributed by atoms with van der Waals surface area (Å²) >= 11 is 0. The molecule has 2 bridgehead atoms. The first-order chi connectivity index (χ1) is 20.3. The topological polar surface area (TPSA) is 141 Å². The van der Waals surface area contributed by atoms with Crippen LogP contribution in [0.1, 0.15) is 74.7 Å². The summed E-state index contributed by atoms with van der Waals surface area (Å²) in [6, 6.07) is -0.266. The van der Waals surface area contributed by atoms with E-state index in [1.807, 2.05) is 25.9 Å². The zero-order chi connectivity index (χ0) is 33.3. The van der Waals surface area contributed by atoms with E-state index in [1.165, 1.54) is 13.8 Å². The first kappa shape index (κ1) is 36.7. The molecule has 3 aliphatic heterocycles. The molecule has 11 nitrogen and oxygen atoms in total. The van der Waals surface area contributed by atoms with E-state index in [1.54, 1.807) is 34.6 Å². The number of carbonyl (C=O) groups is 3. The van der Waals surface area contributed by atoms with E-state index >= 15 is 0 Å². The van der Waals surface area contributed by atoms with Gasteiger partial charge in [0.2, 0.25) is 0 Å². The van der Waals surface area contributed by atoms with E-state index in [-0.39, 0.29) is 44.0 Å². The molecule has 13 atom stereocenters. The molecule has 0 aromatic rings. The van der Waals surface area contributed by atoms with E-state index < -0.39 is 77.3 Å². The molecule has 0 saturated carbocycles. The molecule has 2 N–H and O–H groups in total. The molecule has 44 heavy (non-hydrogen) atoms. The number of esters is 1. The van der Waals surface area contributed by atoms with Crippen LogP contribution in [0.3, 0.4) is 0 Å². The molecule has 0 aliphatic carbocycles. The van der Waals surface area contributed by atoms with Crippen molar-refractivity contribution in [3.8, 4) is 0 Å². The second-order valence-electron chi connectivity index (χ2n) is 14.0. The molecule has 0 spiro atoms. The van der Waals surface area contributed by atoms with Crippen molar-refractivity contribution in [2.75, 3.05) is 27.3 Å². The number of hydrogen-bond acceptors (Lipinski definition) is 11. The average Bonchev–Trinajstić information content (AvgIpc) is 2.97. The van der Waals surface area contributed by atoms with Crippen molar-refractivity contribution >= 4 is 17.5 Å². The average molecular weight is 626 g/mol. The van der Waals surface area contributed by atoms with Crippen molar-refractivity contribution in [2.24, 2.45) is 23.7 Å². The van der Waals surface area contributed by atoms with Crippen molar-refractivity contribution < 1.29 is 48.3 Å². The molecule has 3 rings (SSSR count). The number of hydrogen-bond donors (Lipinski definition) is 2. The van der Waals surface area contributed by atoms with Gasteiger partial charge in [0.15, 0.2) is 12.1 Å². The SMILES string of the molecule is C=C1CO[C@@H]2[C@H](C)C(=O)[C@H](C)C[C@@](C)(OC1)[C@H](O[C@@H]1O[C@H](C)C[C@H](N(C)C)[C@H]1O)[C@@H](C)C(=O)[C@@H](C)C(=O)O[C@H](CC)[C@@]2(C)O. The lowest BCUT2D eigenvalue weighted by Crippen LogP contribution is -2.60. The maximum atomic E-state index is 14.0. The second-order valence-corrected chi connectivity index (χ2v) is 14.0. The number of fused-ring (bicyclic) bond motifs is 5. The molecule has 0 aromatic carbocycles. The van der Waals surface area contributed by atoms with Gasteiger partial charge in [-0.05, 0) is 66.6 Å². The predicted octanol–water partition coefficient (Wildman–Crippen LogP) is 2.69. The van der Waals surface area contributed by atoms with Gasteiger partial charge in [0.1, 0.15) is 29.5 Å². The number of carbonyl (C=O) groups excluding carboxylic acids is 3. The standard InChI is InChI=1S/C33H55NO10/c1-12-24-33(9,39)29-20(5)25(35)18(3)14-32(8,41-16-17(2)15-40-29)28(21(6)26(36)22(7)30(38)43-24)44-31-27(37)23(34(10)11)13-19(4)42-31/h18-24,27-29,31,37,39H,2,12-16H2,1,3-11H3/t18-,19-,20-,21+,22-,23+,24-,27-,28-,29-,31+,32-,33-/m1/s1. The summed E-state index contributed by atoms with van der Waals surface area (Å²) in [5.74, 6) is -4.98. The van der Waals surface area contributed by atoms with Gasteiger partial charge in [0.05, 0.1) is 37.1 Å². The van der Waals surface area contributed by atoms with Crippen LogP contribution < -0.4 is 0 Å². The van der Waals surface area contributed by atoms with Gasteiger partial charge in [-0.25, -0.2) is 0 Å². The van der Waals surface area contributed by atoms with Crippen LogP contribution in [-0.4, -0.2) is 114 Å². The van der Waals surface area contributed by atoms with Crippen LogP contribution in [-0.2, 0) is 38.1 Å². The Hall–Kier alpha value is -1.73. The number of nitrogens with zero attached hydrogens (tertiary/aromatic N) is 1. The largest absolute Gasteiger partial charge is 0.459 e. The first-order valence-electron chi connectivity index (χ1n) is 15.9. The van der Waals surface area contributed by atoms with E-state index in [2.05, 4.69) is 6.58 Å². The van der Waals surface area contributed by atoms with Crippen LogP contribution in [0.4, 0.5) is 0 Å². The summed E-state index contributed by atoms with van der Waals surface area (Å²) in [7, 11) is 3.74. The molecule has 3 aliphatic rings. The molecular weight excluding hydrogens is 570 g/mol. The van der Waals surface area contributed by atoms with Crippen LogP contribution in [0.15, 0.2) is 12.2 Å². The zero-order valence-electron chi connectivity index (χ0n) is 28.2. The highest BCUT2D eigenvalue weighted by molar-refractivity contribution is 6.00. The van der Waals surface area contributed by atoms with Crippen molar-refractivity contribution in [2.45, 2.75) is 129 Å². The minimum atomic E-state index is -1.75. The summed E-state index contributed by atoms with van der Waals surface area (Å²) in [6.45, 7) is 17.7. The van der Waals surface area contributed by atoms with Gasteiger partial charge in [-0.3, -0.25) is 14.4 Å². The molecular formula is C33H55NO10. The second kappa shape index (κ2) is 14.4. The minimum Gasteiger partial charge on any atom is -0.459 e. The van der Waals surface area contributed by atoms with E-state index in [0.717, 1.165) is 0 Å². The number of ketones is 2. The van der Waals surface area contributed by atoms with Crippen LogP contribution in [0.2, 0.25) is 0 Å². The summed E-state index contributed by atoms with van der Waals surface area (Å²) in [5, 5.41) is 23.2. The first-order valence-corrected chi connectivity index (χ1v) is 15.9. The van der Waals surface area contributed by atoms with Gasteiger partial charge < -0.3 is 38.8 Å². The molecule has 0 amide bonds. The lowest BCUT2D eigenvalue weighted by molar-refractivity contribution is -0.296. The fourth-order valence-electron chi connectivity index (χ4n) is 7.19. The third-order valence-electron chi connectivity index (χ3n) is 9.87. The van der Waals surface area contributed by atoms with E-state index in [0.29, 0.717) is 12.0 Å². The number of aliphatic hydroxyl groups is 2. The Morgan fingerprint density at radius 3 is 2.25 bits per heavy atom. The van der Waals surface area contributed by atoms with Crippen LogP contribution >= 0.6 is 0 Å². The molecule has 0 aromatic heterocycles. The lowest BCUT2D eigenvalue weighted by Gasteiger charge is -2.47. The number of ether oxygens (including phenoxy) is 5. The summed E-state index contributed by atoms with van der Waals surface area (Å²) in [6.07, 6.45) is -4.57. The fourth-order valence-corrected chi connectivity index (χ4v) is 7.19. The summed E-state index contributed by atoms with van der Waals surface area (Å²) < 4.78 is 31.2. The van der Waals surface area contributed by atoms with Crippen molar-refractivity contribution in [3.05, 3.63) is 12.2 Å². The summed E-state index contributed by atoms with van der Waals surface area (Å²) in [4.78, 5) is 43.4. The number of aliphatic hydroxyl groups excluding tert-OH is 1. The Kier molecular flexibility index (Phi) is 12.0. The summed E-state index contributed by atoms with van der Waals surface area (Å²) in [5.41, 5.74) is -2.48. The highest BCUT2D eigenvalue weighted by atomic mass is 16.7. The Bertz CT molecular complexity index is 1060. The highest BCUT2D eigenvalue weighted by Gasteiger charge is 2.53. The van der Waals surface area contributed by atoms with Gasteiger partial charge in [-0.1, -0.05) is 34.3 Å². The van der Waals surface area contributed by atoms with Crippen LogP contribution in [0, 0.1) is 23.7 Å². The maximum Gasteiger partial charge on any atom is 0.316 e. The van der Waals surface area contributed by atoms with Gasteiger partial charge in [0.25, 0.3) is 0 Å². The normalized spacial score (nSPS) is 45.3. The van der Waals surface area contributed by atoms with Gasteiger partial charge in [0, 0.05) is 23.8 Å². The minimum absolute atomic E-state index is 0.0177. The predicted molar refractivity (Wildman–Crippen MR) is 163 cm³/mol. The molecule has 3 saturated heterocycles. The van der Waals surface area contributed by atoms with Crippen LogP contribution in [0.25, 0.3) is 0 Å². The van der Waals surface area contributed by atoms with E-state index in [4.69, 9.17) is 23.7 Å². The van der Waals surface area contributed by atoms with Gasteiger partial charge in [-0.15, -0.1) is 0 Å². The molecule has 3 fully saturated rings. The lowest BCUT2D eigenvalue weighted by atomic mass is 9.74. The molecule has 0 radical (unpaired) electrons. The number of cyclic esters (lactones) is 1. The maximum absolute atomic E-state index is 14.0. The number of likely N-dealkylation sites (N-methyl/N-ethyl adjacent to an activating group) is 1. The number of rotatable bonds is 4. The number of Topliss-reactive ketones (excluding diaryl/α,β-unsaturated/α-hetero) is 2. The molecule has 11 heteroatoms. The Labute approximate surface area is 262 Å². The fraction of sp³-hybridized carbons (Fsp3) is 0.848. The highest BCUT2D eigenvalue weighted by Crippen LogP contribution is 2.40. The van der Waals surface area contributed by atoms with Crippen molar-refractivity contribution in [1.29, 1.82) is 0 Å². The Balaban J connectivity index is 2.20. The van der Waals surface area contributed by atoms with Crippen LogP contribution in [0.5, 0.6) is 0 Å². The smallest absolute Gasteiger partial charge is 0.316 e. The van der Waals surface area contributed by atoms with E-state index in [9.17, 15) is 24.6 Å². The van der Waals surface area contributed by atoms with Crippen molar-refractivity contribution in [3.63, 3.8) is 0 Å². The third kappa shape index (κ3) is 7.62. The quantitative estimate of drug-likeness (QED) is 0.271. The Morgan fingerprint density at radius 1 is 1.02 bits per heavy atom. The molecule has 3 heterocycles. The van der Waals surface area contributed by atoms with Crippen molar-refractivity contribution in [1.82, 2.24) is 4.90 Å². The monoisotopic (exact) mass is 625 g/mol. The molecule has 252 valence electrons.